The molecule has 3 aliphatic heterocycles. The van der Waals surface area contributed by atoms with Gasteiger partial charge in [0.05, 0.1) is 27.6 Å². The maximum Gasteiger partial charge on any atom is 0.261 e. The molecule has 0 radical (unpaired) electrons. The first kappa shape index (κ1) is 23.9. The maximum absolute atomic E-state index is 14.2. The fourth-order valence-corrected chi connectivity index (χ4v) is 6.37. The number of hydrogen-bond donors (Lipinski definition) is 1. The van der Waals surface area contributed by atoms with Crippen molar-refractivity contribution in [3.8, 4) is 0 Å². The molecule has 3 aliphatic rings. The monoisotopic (exact) mass is 524 g/mol. The molecule has 3 aromatic carbocycles. The van der Waals surface area contributed by atoms with Gasteiger partial charge in [-0.05, 0) is 65.9 Å². The Hall–Kier alpha value is -4.46. The van der Waals surface area contributed by atoms with E-state index in [4.69, 9.17) is 17.1 Å². The highest BCUT2D eigenvalue weighted by Gasteiger charge is 2.62. The molecule has 3 amide bonds. The molecule has 0 aliphatic carbocycles. The van der Waals surface area contributed by atoms with E-state index in [1.165, 1.54) is 4.90 Å². The van der Waals surface area contributed by atoms with Crippen LogP contribution in [-0.2, 0) is 15.6 Å². The van der Waals surface area contributed by atoms with E-state index >= 15 is 0 Å². The van der Waals surface area contributed by atoms with E-state index in [-0.39, 0.29) is 43.7 Å². The van der Waals surface area contributed by atoms with Crippen LogP contribution in [0.2, 0.25) is 5.02 Å². The van der Waals surface area contributed by atoms with Gasteiger partial charge in [-0.1, -0.05) is 47.0 Å². The Labute approximate surface area is 222 Å². The van der Waals surface area contributed by atoms with Crippen LogP contribution in [-0.4, -0.2) is 41.9 Å². The largest absolute Gasteiger partial charge is 0.325 e. The topological polar surface area (TPSA) is 128 Å². The second-order valence-corrected chi connectivity index (χ2v) is 9.99. The summed E-state index contributed by atoms with van der Waals surface area (Å²) in [5, 5.41) is 7.28. The van der Waals surface area contributed by atoms with Crippen molar-refractivity contribution in [1.29, 1.82) is 0 Å². The summed E-state index contributed by atoms with van der Waals surface area (Å²) < 4.78 is 0. The summed E-state index contributed by atoms with van der Waals surface area (Å²) in [5.74, 6) is -1.06. The SMILES string of the molecule is [N-]=[N+]=NCC[C@]1([C@]2(CCN3C(=O)c4ccccc4C3=O)C(=O)Nc3ccccc32)C=Nc2ccc(Cl)cc21. The van der Waals surface area contributed by atoms with Gasteiger partial charge in [-0.15, -0.1) is 0 Å². The number of carbonyl (C=O) groups is 3. The number of amides is 3. The Bertz CT molecular complexity index is 1580. The minimum atomic E-state index is -1.27. The molecule has 0 spiro atoms. The molecule has 3 aromatic rings. The van der Waals surface area contributed by atoms with Crippen LogP contribution in [0.25, 0.3) is 10.4 Å². The zero-order valence-corrected chi connectivity index (χ0v) is 20.9. The lowest BCUT2D eigenvalue weighted by molar-refractivity contribution is -0.123. The molecule has 2 atom stereocenters. The zero-order valence-electron chi connectivity index (χ0n) is 20.1. The number of anilines is 1. The van der Waals surface area contributed by atoms with Crippen LogP contribution in [0.4, 0.5) is 11.4 Å². The Morgan fingerprint density at radius 3 is 2.39 bits per heavy atom. The summed E-state index contributed by atoms with van der Waals surface area (Å²) in [6.45, 7) is 0.0970. The number of nitrogens with one attached hydrogen (secondary N) is 1. The highest BCUT2D eigenvalue weighted by molar-refractivity contribution is 6.31. The molecule has 0 unspecified atom stereocenters. The third-order valence-electron chi connectivity index (χ3n) is 7.91. The van der Waals surface area contributed by atoms with E-state index in [9.17, 15) is 14.4 Å². The van der Waals surface area contributed by atoms with Gasteiger partial charge in [0.25, 0.3) is 11.8 Å². The van der Waals surface area contributed by atoms with Gasteiger partial charge in [-0.25, -0.2) is 0 Å². The minimum Gasteiger partial charge on any atom is -0.325 e. The Balaban J connectivity index is 1.52. The summed E-state index contributed by atoms with van der Waals surface area (Å²) in [4.78, 5) is 49.4. The number of hydrogen-bond acceptors (Lipinski definition) is 5. The van der Waals surface area contributed by atoms with Crippen LogP contribution in [0.1, 0.15) is 44.7 Å². The molecule has 0 bridgehead atoms. The maximum atomic E-state index is 14.2. The number of carbonyl (C=O) groups excluding carboxylic acids is 3. The third kappa shape index (κ3) is 3.22. The molecule has 188 valence electrons. The van der Waals surface area contributed by atoms with E-state index in [0.717, 1.165) is 11.1 Å². The van der Waals surface area contributed by atoms with Gasteiger partial charge in [0.15, 0.2) is 0 Å². The number of nitrogens with zero attached hydrogens (tertiary/aromatic N) is 5. The lowest BCUT2D eigenvalue weighted by Crippen LogP contribution is -2.56. The smallest absolute Gasteiger partial charge is 0.261 e. The summed E-state index contributed by atoms with van der Waals surface area (Å²) in [6.07, 6.45) is 2.12. The number of halogens is 1. The van der Waals surface area contributed by atoms with Crippen molar-refractivity contribution in [1.82, 2.24) is 4.90 Å². The molecule has 3 heterocycles. The number of para-hydroxylation sites is 1. The van der Waals surface area contributed by atoms with Gasteiger partial charge in [0.1, 0.15) is 0 Å². The fourth-order valence-electron chi connectivity index (χ4n) is 6.20. The first-order chi connectivity index (χ1) is 18.4. The normalized spacial score (nSPS) is 22.7. The first-order valence-electron chi connectivity index (χ1n) is 12.2. The minimum absolute atomic E-state index is 0.00110. The van der Waals surface area contributed by atoms with Crippen molar-refractivity contribution in [2.75, 3.05) is 18.4 Å². The average molecular weight is 525 g/mol. The van der Waals surface area contributed by atoms with E-state index in [0.29, 0.717) is 27.5 Å². The van der Waals surface area contributed by atoms with Crippen molar-refractivity contribution in [2.45, 2.75) is 23.7 Å². The predicted octanol–water partition coefficient (Wildman–Crippen LogP) is 5.57. The van der Waals surface area contributed by atoms with E-state index in [1.54, 1.807) is 48.7 Å². The Morgan fingerprint density at radius 2 is 1.66 bits per heavy atom. The molecule has 10 heteroatoms. The standard InChI is InChI=1S/C28H21ClN6O3/c29-17-9-10-22-21(15-17)27(16-31-22,11-13-32-34-30)28(20-7-3-4-8-23(20)33-26(28)38)12-14-35-24(36)18-5-1-2-6-19(18)25(35)37/h1-10,15-16H,11-14H2,(H,33,38)/t27-,28-/m0/s1. The number of imide groups is 1. The highest BCUT2D eigenvalue weighted by Crippen LogP contribution is 2.58. The third-order valence-corrected chi connectivity index (χ3v) is 8.14. The lowest BCUT2D eigenvalue weighted by atomic mass is 9.55. The van der Waals surface area contributed by atoms with Crippen LogP contribution >= 0.6 is 11.6 Å². The first-order valence-corrected chi connectivity index (χ1v) is 12.5. The predicted molar refractivity (Wildman–Crippen MR) is 143 cm³/mol. The molecule has 0 fully saturated rings. The molecule has 9 nitrogen and oxygen atoms in total. The molecular weight excluding hydrogens is 504 g/mol. The number of azide groups is 1. The van der Waals surface area contributed by atoms with Crippen LogP contribution in [0.15, 0.2) is 76.8 Å². The lowest BCUT2D eigenvalue weighted by Gasteiger charge is -2.44. The molecular formula is C28H21ClN6O3. The fraction of sp³-hybridized carbons (Fsp3) is 0.214. The second-order valence-electron chi connectivity index (χ2n) is 9.56. The van der Waals surface area contributed by atoms with Crippen molar-refractivity contribution in [3.05, 3.63) is 104 Å². The van der Waals surface area contributed by atoms with Crippen molar-refractivity contribution in [2.24, 2.45) is 10.1 Å². The number of aliphatic imine (C=N–C) groups is 1. The van der Waals surface area contributed by atoms with Gasteiger partial charge in [-0.3, -0.25) is 24.3 Å². The van der Waals surface area contributed by atoms with Gasteiger partial charge in [-0.2, -0.15) is 0 Å². The molecule has 6 rings (SSSR count). The van der Waals surface area contributed by atoms with Crippen LogP contribution in [0.3, 0.4) is 0 Å². The number of benzene rings is 3. The molecule has 0 saturated heterocycles. The van der Waals surface area contributed by atoms with Gasteiger partial charge in [0.2, 0.25) is 5.91 Å². The Kier molecular flexibility index (Phi) is 5.56. The zero-order chi connectivity index (χ0) is 26.5. The van der Waals surface area contributed by atoms with E-state index < -0.39 is 10.8 Å². The van der Waals surface area contributed by atoms with Crippen LogP contribution < -0.4 is 5.32 Å². The Morgan fingerprint density at radius 1 is 0.947 bits per heavy atom. The summed E-state index contributed by atoms with van der Waals surface area (Å²) in [5.41, 5.74) is 10.2. The molecule has 0 aromatic heterocycles. The quantitative estimate of drug-likeness (QED) is 0.188. The van der Waals surface area contributed by atoms with Gasteiger partial charge in [0, 0.05) is 34.9 Å². The molecule has 1 N–H and O–H groups in total. The van der Waals surface area contributed by atoms with Crippen LogP contribution in [0, 0.1) is 0 Å². The van der Waals surface area contributed by atoms with Crippen molar-refractivity contribution < 1.29 is 14.4 Å². The summed E-state index contributed by atoms with van der Waals surface area (Å²) in [7, 11) is 0. The molecule has 38 heavy (non-hydrogen) atoms. The van der Waals surface area contributed by atoms with Crippen molar-refractivity contribution in [3.63, 3.8) is 0 Å². The van der Waals surface area contributed by atoms with E-state index in [1.807, 2.05) is 24.3 Å². The summed E-state index contributed by atoms with van der Waals surface area (Å²) in [6, 6.07) is 19.4. The second kappa shape index (κ2) is 8.83. The van der Waals surface area contributed by atoms with Crippen LogP contribution in [0.5, 0.6) is 0 Å². The van der Waals surface area contributed by atoms with Gasteiger partial charge >= 0.3 is 0 Å². The number of rotatable bonds is 7. The summed E-state index contributed by atoms with van der Waals surface area (Å²) >= 11 is 6.44. The highest BCUT2D eigenvalue weighted by atomic mass is 35.5. The average Bonchev–Trinajstić information content (AvgIpc) is 3.52. The van der Waals surface area contributed by atoms with E-state index in [2.05, 4.69) is 20.3 Å². The molecule has 0 saturated carbocycles. The number of fused-ring (bicyclic) bond motifs is 3. The van der Waals surface area contributed by atoms with Crippen molar-refractivity contribution >= 4 is 46.9 Å². The van der Waals surface area contributed by atoms with Gasteiger partial charge < -0.3 is 5.32 Å².